The Morgan fingerprint density at radius 2 is 1.57 bits per heavy atom. The predicted molar refractivity (Wildman–Crippen MR) is 94.3 cm³/mol. The van der Waals surface area contributed by atoms with E-state index in [0.29, 0.717) is 23.4 Å². The van der Waals surface area contributed by atoms with Crippen molar-refractivity contribution in [2.24, 2.45) is 0 Å². The summed E-state index contributed by atoms with van der Waals surface area (Å²) in [6, 6.07) is 11.6. The Morgan fingerprint density at radius 3 is 2.14 bits per heavy atom. The van der Waals surface area contributed by atoms with E-state index in [4.69, 9.17) is 9.84 Å². The largest absolute Gasteiger partial charge is 0.573 e. The lowest BCUT2D eigenvalue weighted by Crippen LogP contribution is -2.17. The van der Waals surface area contributed by atoms with E-state index < -0.39 is 12.3 Å². The lowest BCUT2D eigenvalue weighted by molar-refractivity contribution is -0.274. The molecule has 0 aliphatic rings. The van der Waals surface area contributed by atoms with Crippen molar-refractivity contribution in [3.05, 3.63) is 54.1 Å². The van der Waals surface area contributed by atoms with Crippen LogP contribution in [0.2, 0.25) is 0 Å². The quantitative estimate of drug-likeness (QED) is 0.625. The summed E-state index contributed by atoms with van der Waals surface area (Å²) >= 11 is 0. The third-order valence-corrected chi connectivity index (χ3v) is 3.46. The van der Waals surface area contributed by atoms with Gasteiger partial charge in [-0.1, -0.05) is 12.1 Å². The number of alkyl halides is 3. The standard InChI is InChI=1S/C19H18F3NO5/c20-19(21,22)28-16-7-3-13(4-8-16)12-17(24)23-14-5-9-15(10-6-14)27-11-1-2-18(25)26/h3-10H,1-2,11-12H2,(H,23,24)(H,25,26). The number of carbonyl (C=O) groups excluding carboxylic acids is 1. The summed E-state index contributed by atoms with van der Waals surface area (Å²) in [5.41, 5.74) is 1.06. The zero-order valence-electron chi connectivity index (χ0n) is 14.7. The van der Waals surface area contributed by atoms with Crippen molar-refractivity contribution >= 4 is 17.6 Å². The second-order valence-corrected chi connectivity index (χ2v) is 5.79. The van der Waals surface area contributed by atoms with Gasteiger partial charge in [0.05, 0.1) is 13.0 Å². The van der Waals surface area contributed by atoms with Crippen molar-refractivity contribution in [3.8, 4) is 11.5 Å². The molecular weight excluding hydrogens is 379 g/mol. The number of amides is 1. The number of aliphatic carboxylic acids is 1. The molecule has 0 saturated carbocycles. The van der Waals surface area contributed by atoms with E-state index >= 15 is 0 Å². The van der Waals surface area contributed by atoms with Crippen LogP contribution in [0, 0.1) is 0 Å². The van der Waals surface area contributed by atoms with Crippen molar-refractivity contribution in [3.63, 3.8) is 0 Å². The molecule has 0 radical (unpaired) electrons. The topological polar surface area (TPSA) is 84.9 Å². The number of ether oxygens (including phenoxy) is 2. The molecule has 0 bridgehead atoms. The summed E-state index contributed by atoms with van der Waals surface area (Å²) < 4.78 is 45.5. The van der Waals surface area contributed by atoms with Gasteiger partial charge in [-0.15, -0.1) is 13.2 Å². The van der Waals surface area contributed by atoms with Gasteiger partial charge in [-0.2, -0.15) is 0 Å². The van der Waals surface area contributed by atoms with Crippen molar-refractivity contribution in [1.29, 1.82) is 0 Å². The number of carboxylic acids is 1. The zero-order chi connectivity index (χ0) is 20.6. The minimum atomic E-state index is -4.76. The van der Waals surface area contributed by atoms with E-state index in [-0.39, 0.29) is 31.1 Å². The fourth-order valence-electron chi connectivity index (χ4n) is 2.25. The van der Waals surface area contributed by atoms with Gasteiger partial charge in [-0.05, 0) is 48.4 Å². The molecule has 0 unspecified atom stereocenters. The zero-order valence-corrected chi connectivity index (χ0v) is 14.7. The molecule has 150 valence electrons. The highest BCUT2D eigenvalue weighted by Crippen LogP contribution is 2.23. The van der Waals surface area contributed by atoms with Crippen LogP contribution in [0.25, 0.3) is 0 Å². The maximum Gasteiger partial charge on any atom is 0.573 e. The molecule has 9 heteroatoms. The lowest BCUT2D eigenvalue weighted by atomic mass is 10.1. The third kappa shape index (κ3) is 7.98. The highest BCUT2D eigenvalue weighted by atomic mass is 19.4. The number of anilines is 1. The number of carboxylic acid groups (broad SMARTS) is 1. The van der Waals surface area contributed by atoms with E-state index in [2.05, 4.69) is 10.1 Å². The van der Waals surface area contributed by atoms with Crippen molar-refractivity contribution < 1.29 is 37.3 Å². The number of nitrogens with one attached hydrogen (secondary N) is 1. The molecule has 0 fully saturated rings. The first-order valence-corrected chi connectivity index (χ1v) is 8.30. The first-order chi connectivity index (χ1) is 13.2. The van der Waals surface area contributed by atoms with Crippen molar-refractivity contribution in [2.45, 2.75) is 25.6 Å². The molecule has 0 aliphatic heterocycles. The number of hydrogen-bond acceptors (Lipinski definition) is 4. The molecule has 1 amide bonds. The first-order valence-electron chi connectivity index (χ1n) is 8.30. The van der Waals surface area contributed by atoms with Gasteiger partial charge >= 0.3 is 12.3 Å². The van der Waals surface area contributed by atoms with Gasteiger partial charge in [0.2, 0.25) is 5.91 Å². The summed E-state index contributed by atoms with van der Waals surface area (Å²) in [6.07, 6.45) is -4.36. The summed E-state index contributed by atoms with van der Waals surface area (Å²) in [6.45, 7) is 0.270. The third-order valence-electron chi connectivity index (χ3n) is 3.46. The van der Waals surface area contributed by atoms with Crippen molar-refractivity contribution in [1.82, 2.24) is 0 Å². The Bertz CT molecular complexity index is 789. The number of hydrogen-bond donors (Lipinski definition) is 2. The van der Waals surface area contributed by atoms with Gasteiger partial charge in [0.15, 0.2) is 0 Å². The summed E-state index contributed by atoms with van der Waals surface area (Å²) in [5, 5.41) is 11.2. The highest BCUT2D eigenvalue weighted by Gasteiger charge is 2.30. The fraction of sp³-hybridized carbons (Fsp3) is 0.263. The van der Waals surface area contributed by atoms with Gasteiger partial charge in [0, 0.05) is 12.1 Å². The van der Waals surface area contributed by atoms with Crippen LogP contribution in [-0.2, 0) is 16.0 Å². The van der Waals surface area contributed by atoms with E-state index in [1.54, 1.807) is 24.3 Å². The Labute approximate surface area is 158 Å². The second-order valence-electron chi connectivity index (χ2n) is 5.79. The van der Waals surface area contributed by atoms with Crippen LogP contribution >= 0.6 is 0 Å². The molecule has 0 spiro atoms. The normalized spacial score (nSPS) is 11.0. The smallest absolute Gasteiger partial charge is 0.494 e. The Kier molecular flexibility index (Phi) is 7.25. The van der Waals surface area contributed by atoms with E-state index in [1.807, 2.05) is 0 Å². The molecule has 0 heterocycles. The number of halogens is 3. The maximum absolute atomic E-state index is 12.1. The molecule has 0 aliphatic carbocycles. The Hall–Kier alpha value is -3.23. The van der Waals surface area contributed by atoms with Crippen LogP contribution in [-0.4, -0.2) is 30.0 Å². The molecule has 2 aromatic rings. The van der Waals surface area contributed by atoms with Gasteiger partial charge in [-0.25, -0.2) is 0 Å². The maximum atomic E-state index is 12.1. The lowest BCUT2D eigenvalue weighted by Gasteiger charge is -2.10. The van der Waals surface area contributed by atoms with Crippen LogP contribution in [0.1, 0.15) is 18.4 Å². The van der Waals surface area contributed by atoms with Gasteiger partial charge in [0.1, 0.15) is 11.5 Å². The number of rotatable bonds is 9. The van der Waals surface area contributed by atoms with Crippen LogP contribution in [0.3, 0.4) is 0 Å². The van der Waals surface area contributed by atoms with Crippen LogP contribution in [0.15, 0.2) is 48.5 Å². The molecule has 0 aromatic heterocycles. The van der Waals surface area contributed by atoms with E-state index in [1.165, 1.54) is 12.1 Å². The summed E-state index contributed by atoms with van der Waals surface area (Å²) in [4.78, 5) is 22.5. The van der Waals surface area contributed by atoms with Crippen molar-refractivity contribution in [2.75, 3.05) is 11.9 Å². The minimum absolute atomic E-state index is 0.0141. The SMILES string of the molecule is O=C(O)CCCOc1ccc(NC(=O)Cc2ccc(OC(F)(F)F)cc2)cc1. The molecule has 6 nitrogen and oxygen atoms in total. The molecule has 2 N–H and O–H groups in total. The molecule has 28 heavy (non-hydrogen) atoms. The molecule has 0 saturated heterocycles. The summed E-state index contributed by atoms with van der Waals surface area (Å²) in [7, 11) is 0. The highest BCUT2D eigenvalue weighted by molar-refractivity contribution is 5.92. The van der Waals surface area contributed by atoms with Crippen LogP contribution < -0.4 is 14.8 Å². The average Bonchev–Trinajstić information content (AvgIpc) is 2.60. The Morgan fingerprint density at radius 1 is 0.964 bits per heavy atom. The van der Waals surface area contributed by atoms with Gasteiger partial charge in [0.25, 0.3) is 0 Å². The number of carbonyl (C=O) groups is 2. The van der Waals surface area contributed by atoms with Crippen LogP contribution in [0.4, 0.5) is 18.9 Å². The molecule has 0 atom stereocenters. The number of benzene rings is 2. The van der Waals surface area contributed by atoms with E-state index in [0.717, 1.165) is 12.1 Å². The molecular formula is C19H18F3NO5. The Balaban J connectivity index is 1.80. The first kappa shape index (κ1) is 21.1. The van der Waals surface area contributed by atoms with Gasteiger partial charge < -0.3 is 19.9 Å². The predicted octanol–water partition coefficient (Wildman–Crippen LogP) is 4.01. The minimum Gasteiger partial charge on any atom is -0.494 e. The second kappa shape index (κ2) is 9.63. The van der Waals surface area contributed by atoms with Crippen LogP contribution in [0.5, 0.6) is 11.5 Å². The molecule has 2 rings (SSSR count). The monoisotopic (exact) mass is 397 g/mol. The molecule has 2 aromatic carbocycles. The van der Waals surface area contributed by atoms with Gasteiger partial charge in [-0.3, -0.25) is 9.59 Å². The fourth-order valence-corrected chi connectivity index (χ4v) is 2.25. The average molecular weight is 397 g/mol. The summed E-state index contributed by atoms with van der Waals surface area (Å²) in [5.74, 6) is -1.02. The van der Waals surface area contributed by atoms with E-state index in [9.17, 15) is 22.8 Å².